The number of nitrogen functional groups attached to an aromatic ring is 1. The van der Waals surface area contributed by atoms with Crippen LogP contribution in [0.2, 0.25) is 0 Å². The molecule has 0 aliphatic heterocycles. The highest BCUT2D eigenvalue weighted by atomic mass is 16.7. The van der Waals surface area contributed by atoms with E-state index < -0.39 is 0 Å². The molecule has 88 valence electrons. The lowest BCUT2D eigenvalue weighted by atomic mass is 10.2. The second-order valence-corrected chi connectivity index (χ2v) is 3.67. The van der Waals surface area contributed by atoms with Crippen molar-refractivity contribution in [2.75, 3.05) is 12.5 Å². The molecule has 2 aromatic carbocycles. The fraction of sp³-hybridized carbons (Fsp3) is 0.143. The van der Waals surface area contributed by atoms with Crippen LogP contribution >= 0.6 is 0 Å². The Morgan fingerprint density at radius 2 is 1.59 bits per heavy atom. The zero-order valence-electron chi connectivity index (χ0n) is 9.50. The molecule has 0 spiro atoms. The van der Waals surface area contributed by atoms with Crippen molar-refractivity contribution in [3.8, 4) is 5.75 Å². The minimum Gasteiger partial charge on any atom is -0.468 e. The first-order valence-electron chi connectivity index (χ1n) is 5.44. The van der Waals surface area contributed by atoms with E-state index >= 15 is 0 Å². The minimum atomic E-state index is 0.235. The monoisotopic (exact) mass is 229 g/mol. The molecule has 2 rings (SSSR count). The first-order valence-corrected chi connectivity index (χ1v) is 5.44. The number of anilines is 1. The molecule has 0 aliphatic carbocycles. The molecule has 0 fully saturated rings. The lowest BCUT2D eigenvalue weighted by molar-refractivity contribution is 0.00505. The zero-order valence-corrected chi connectivity index (χ0v) is 9.50. The standard InChI is InChI=1S/C14H15NO2/c15-13-6-8-14(9-7-13)17-11-16-10-12-4-2-1-3-5-12/h1-9H,10-11,15H2. The normalized spacial score (nSPS) is 10.1. The molecule has 3 heteroatoms. The van der Waals surface area contributed by atoms with Gasteiger partial charge in [-0.25, -0.2) is 0 Å². The van der Waals surface area contributed by atoms with Crippen LogP contribution in [0.4, 0.5) is 5.69 Å². The van der Waals surface area contributed by atoms with E-state index in [1.165, 1.54) is 0 Å². The highest BCUT2D eigenvalue weighted by Crippen LogP contribution is 2.13. The fourth-order valence-electron chi connectivity index (χ4n) is 1.41. The minimum absolute atomic E-state index is 0.235. The van der Waals surface area contributed by atoms with Crippen molar-refractivity contribution in [1.29, 1.82) is 0 Å². The highest BCUT2D eigenvalue weighted by Gasteiger charge is 1.94. The van der Waals surface area contributed by atoms with Gasteiger partial charge in [0.25, 0.3) is 0 Å². The molecule has 3 nitrogen and oxygen atoms in total. The van der Waals surface area contributed by atoms with Gasteiger partial charge >= 0.3 is 0 Å². The van der Waals surface area contributed by atoms with Crippen molar-refractivity contribution in [2.24, 2.45) is 0 Å². The third-order valence-electron chi connectivity index (χ3n) is 2.30. The van der Waals surface area contributed by atoms with Gasteiger partial charge in [-0.15, -0.1) is 0 Å². The second kappa shape index (κ2) is 5.92. The SMILES string of the molecule is Nc1ccc(OCOCc2ccccc2)cc1. The molecule has 0 bridgehead atoms. The Labute approximate surface area is 101 Å². The van der Waals surface area contributed by atoms with E-state index in [9.17, 15) is 0 Å². The molecule has 0 radical (unpaired) electrons. The second-order valence-electron chi connectivity index (χ2n) is 3.67. The van der Waals surface area contributed by atoms with Gasteiger partial charge < -0.3 is 15.2 Å². The summed E-state index contributed by atoms with van der Waals surface area (Å²) >= 11 is 0. The molecule has 0 saturated carbocycles. The Morgan fingerprint density at radius 3 is 2.29 bits per heavy atom. The molecule has 2 N–H and O–H groups in total. The summed E-state index contributed by atoms with van der Waals surface area (Å²) in [5.74, 6) is 0.757. The molecule has 0 aliphatic rings. The number of ether oxygens (including phenoxy) is 2. The lowest BCUT2D eigenvalue weighted by Crippen LogP contribution is -2.02. The van der Waals surface area contributed by atoms with Crippen LogP contribution in [0.1, 0.15) is 5.56 Å². The van der Waals surface area contributed by atoms with Crippen molar-refractivity contribution in [1.82, 2.24) is 0 Å². The molecular weight excluding hydrogens is 214 g/mol. The molecule has 17 heavy (non-hydrogen) atoms. The third-order valence-corrected chi connectivity index (χ3v) is 2.30. The molecule has 0 heterocycles. The van der Waals surface area contributed by atoms with Crippen molar-refractivity contribution in [3.05, 3.63) is 60.2 Å². The van der Waals surface area contributed by atoms with E-state index in [2.05, 4.69) is 0 Å². The quantitative estimate of drug-likeness (QED) is 0.487. The van der Waals surface area contributed by atoms with Crippen molar-refractivity contribution in [3.63, 3.8) is 0 Å². The van der Waals surface area contributed by atoms with Gasteiger partial charge in [0, 0.05) is 5.69 Å². The van der Waals surface area contributed by atoms with E-state index in [0.717, 1.165) is 17.0 Å². The number of hydrogen-bond donors (Lipinski definition) is 1. The summed E-state index contributed by atoms with van der Waals surface area (Å²) in [6.07, 6.45) is 0. The van der Waals surface area contributed by atoms with Gasteiger partial charge in [-0.05, 0) is 29.8 Å². The molecule has 0 atom stereocenters. The van der Waals surface area contributed by atoms with Gasteiger partial charge in [-0.2, -0.15) is 0 Å². The van der Waals surface area contributed by atoms with Crippen LogP contribution < -0.4 is 10.5 Å². The molecule has 2 aromatic rings. The van der Waals surface area contributed by atoms with Crippen molar-refractivity contribution < 1.29 is 9.47 Å². The number of rotatable bonds is 5. The fourth-order valence-corrected chi connectivity index (χ4v) is 1.41. The Bertz CT molecular complexity index is 440. The van der Waals surface area contributed by atoms with Crippen LogP contribution in [0.15, 0.2) is 54.6 Å². The molecule has 0 amide bonds. The summed E-state index contributed by atoms with van der Waals surface area (Å²) in [4.78, 5) is 0. The van der Waals surface area contributed by atoms with Crippen LogP contribution in [0.3, 0.4) is 0 Å². The average Bonchev–Trinajstić information content (AvgIpc) is 2.38. The zero-order chi connectivity index (χ0) is 11.9. The summed E-state index contributed by atoms with van der Waals surface area (Å²) in [7, 11) is 0. The molecular formula is C14H15NO2. The Kier molecular flexibility index (Phi) is 4.00. The Morgan fingerprint density at radius 1 is 0.882 bits per heavy atom. The topological polar surface area (TPSA) is 44.5 Å². The van der Waals surface area contributed by atoms with E-state index in [1.807, 2.05) is 42.5 Å². The Balaban J connectivity index is 1.71. The summed E-state index contributed by atoms with van der Waals surface area (Å²) < 4.78 is 10.8. The van der Waals surface area contributed by atoms with Crippen LogP contribution in [-0.4, -0.2) is 6.79 Å². The van der Waals surface area contributed by atoms with E-state index in [4.69, 9.17) is 15.2 Å². The van der Waals surface area contributed by atoms with E-state index in [1.54, 1.807) is 12.1 Å². The van der Waals surface area contributed by atoms with E-state index in [-0.39, 0.29) is 6.79 Å². The number of hydrogen-bond acceptors (Lipinski definition) is 3. The summed E-state index contributed by atoms with van der Waals surface area (Å²) in [6.45, 7) is 0.786. The maximum atomic E-state index is 5.57. The van der Waals surface area contributed by atoms with Crippen LogP contribution in [0.5, 0.6) is 5.75 Å². The van der Waals surface area contributed by atoms with Crippen LogP contribution in [0, 0.1) is 0 Å². The van der Waals surface area contributed by atoms with Gasteiger partial charge in [0.1, 0.15) is 5.75 Å². The van der Waals surface area contributed by atoms with E-state index in [0.29, 0.717) is 6.61 Å². The molecule has 0 unspecified atom stereocenters. The first kappa shape index (κ1) is 11.5. The average molecular weight is 229 g/mol. The summed E-state index contributed by atoms with van der Waals surface area (Å²) in [6, 6.07) is 17.2. The maximum Gasteiger partial charge on any atom is 0.189 e. The highest BCUT2D eigenvalue weighted by molar-refractivity contribution is 5.41. The lowest BCUT2D eigenvalue weighted by Gasteiger charge is -2.07. The number of benzene rings is 2. The van der Waals surface area contributed by atoms with Gasteiger partial charge in [0.15, 0.2) is 6.79 Å². The largest absolute Gasteiger partial charge is 0.468 e. The van der Waals surface area contributed by atoms with Crippen molar-refractivity contribution in [2.45, 2.75) is 6.61 Å². The van der Waals surface area contributed by atoms with Gasteiger partial charge in [0.2, 0.25) is 0 Å². The third kappa shape index (κ3) is 3.81. The summed E-state index contributed by atoms with van der Waals surface area (Å²) in [5, 5.41) is 0. The predicted molar refractivity (Wildman–Crippen MR) is 67.6 cm³/mol. The van der Waals surface area contributed by atoms with Crippen molar-refractivity contribution >= 4 is 5.69 Å². The van der Waals surface area contributed by atoms with Gasteiger partial charge in [-0.1, -0.05) is 30.3 Å². The molecule has 0 saturated heterocycles. The van der Waals surface area contributed by atoms with Crippen LogP contribution in [0.25, 0.3) is 0 Å². The van der Waals surface area contributed by atoms with Crippen LogP contribution in [-0.2, 0) is 11.3 Å². The predicted octanol–water partition coefficient (Wildman–Crippen LogP) is 2.82. The van der Waals surface area contributed by atoms with Gasteiger partial charge in [0.05, 0.1) is 6.61 Å². The summed E-state index contributed by atoms with van der Waals surface area (Å²) in [5.41, 5.74) is 7.43. The Hall–Kier alpha value is -2.00. The first-order chi connectivity index (χ1) is 8.34. The smallest absolute Gasteiger partial charge is 0.189 e. The van der Waals surface area contributed by atoms with Gasteiger partial charge in [-0.3, -0.25) is 0 Å². The number of nitrogens with two attached hydrogens (primary N) is 1. The maximum absolute atomic E-state index is 5.57. The molecule has 0 aromatic heterocycles.